The Kier molecular flexibility index (Phi) is 5.15. The summed E-state index contributed by atoms with van der Waals surface area (Å²) in [7, 11) is 0. The first-order valence-electron chi connectivity index (χ1n) is 8.91. The summed E-state index contributed by atoms with van der Waals surface area (Å²) in [5.41, 5.74) is 2.40. The lowest BCUT2D eigenvalue weighted by Crippen LogP contribution is -2.19. The van der Waals surface area contributed by atoms with Crippen LogP contribution < -0.4 is 15.4 Å². The van der Waals surface area contributed by atoms with Crippen molar-refractivity contribution in [2.45, 2.75) is 6.92 Å². The normalized spacial score (nSPS) is 10.4. The predicted molar refractivity (Wildman–Crippen MR) is 109 cm³/mol. The first-order chi connectivity index (χ1) is 14.2. The van der Waals surface area contributed by atoms with Gasteiger partial charge in [0.2, 0.25) is 5.88 Å². The molecular formula is C21H18N6O2. The summed E-state index contributed by atoms with van der Waals surface area (Å²) in [5, 5.41) is 9.75. The van der Waals surface area contributed by atoms with Crippen LogP contribution in [0.3, 0.4) is 0 Å². The second-order valence-corrected chi connectivity index (χ2v) is 6.19. The fourth-order valence-corrected chi connectivity index (χ4v) is 2.64. The number of ether oxygens (including phenoxy) is 1. The third-order valence-corrected chi connectivity index (χ3v) is 4.09. The van der Waals surface area contributed by atoms with Crippen LogP contribution in [-0.2, 0) is 0 Å². The summed E-state index contributed by atoms with van der Waals surface area (Å²) in [6.07, 6.45) is 4.87. The van der Waals surface area contributed by atoms with Crippen molar-refractivity contribution in [3.05, 3.63) is 84.9 Å². The van der Waals surface area contributed by atoms with Crippen molar-refractivity contribution in [3.8, 4) is 17.4 Å². The van der Waals surface area contributed by atoms with Crippen LogP contribution in [0, 0.1) is 6.92 Å². The van der Waals surface area contributed by atoms with Crippen molar-refractivity contribution in [2.75, 3.05) is 10.6 Å². The maximum absolute atomic E-state index is 12.2. The standard InChI is InChI=1S/C21H18N6O2/c1-15-5-2-3-6-18(15)26-21(28)25-16-7-9-17(10-8-16)29-20-13-19(22-14-23-20)27-12-4-11-24-27/h2-14H,1H3,(H2,25,26,28). The summed E-state index contributed by atoms with van der Waals surface area (Å²) in [5.74, 6) is 1.58. The molecule has 0 aliphatic heterocycles. The number of benzene rings is 2. The van der Waals surface area contributed by atoms with Crippen LogP contribution >= 0.6 is 0 Å². The van der Waals surface area contributed by atoms with E-state index in [0.29, 0.717) is 23.1 Å². The van der Waals surface area contributed by atoms with Crippen molar-refractivity contribution < 1.29 is 9.53 Å². The summed E-state index contributed by atoms with van der Waals surface area (Å²) in [6, 6.07) is 17.8. The van der Waals surface area contributed by atoms with Gasteiger partial charge in [-0.05, 0) is 48.9 Å². The molecule has 0 radical (unpaired) electrons. The second kappa shape index (κ2) is 8.22. The number of amides is 2. The lowest BCUT2D eigenvalue weighted by molar-refractivity contribution is 0.262. The molecule has 2 aromatic carbocycles. The van der Waals surface area contributed by atoms with Crippen molar-refractivity contribution in [1.29, 1.82) is 0 Å². The van der Waals surface area contributed by atoms with Crippen LogP contribution in [0.4, 0.5) is 16.2 Å². The zero-order valence-electron chi connectivity index (χ0n) is 15.6. The van der Waals surface area contributed by atoms with Gasteiger partial charge < -0.3 is 15.4 Å². The van der Waals surface area contributed by atoms with E-state index in [1.807, 2.05) is 37.3 Å². The second-order valence-electron chi connectivity index (χ2n) is 6.19. The molecule has 0 aliphatic rings. The predicted octanol–water partition coefficient (Wildman–Crippen LogP) is 4.41. The number of nitrogens with one attached hydrogen (secondary N) is 2. The molecule has 2 aromatic heterocycles. The highest BCUT2D eigenvalue weighted by atomic mass is 16.5. The minimum atomic E-state index is -0.312. The Hall–Kier alpha value is -4.20. The van der Waals surface area contributed by atoms with E-state index in [1.54, 1.807) is 47.4 Å². The Morgan fingerprint density at radius 1 is 1.00 bits per heavy atom. The van der Waals surface area contributed by atoms with Gasteiger partial charge in [0.25, 0.3) is 0 Å². The Balaban J connectivity index is 1.39. The highest BCUT2D eigenvalue weighted by Crippen LogP contribution is 2.22. The monoisotopic (exact) mass is 386 g/mol. The summed E-state index contributed by atoms with van der Waals surface area (Å²) in [4.78, 5) is 20.5. The van der Waals surface area contributed by atoms with Crippen LogP contribution in [0.25, 0.3) is 5.82 Å². The summed E-state index contributed by atoms with van der Waals surface area (Å²) >= 11 is 0. The van der Waals surface area contributed by atoms with Gasteiger partial charge in [-0.3, -0.25) is 0 Å². The van der Waals surface area contributed by atoms with Gasteiger partial charge in [0, 0.05) is 29.8 Å². The number of carbonyl (C=O) groups is 1. The molecule has 0 aliphatic carbocycles. The fourth-order valence-electron chi connectivity index (χ4n) is 2.64. The molecule has 0 unspecified atom stereocenters. The largest absolute Gasteiger partial charge is 0.439 e. The highest BCUT2D eigenvalue weighted by Gasteiger charge is 2.06. The van der Waals surface area contributed by atoms with Crippen molar-refractivity contribution in [2.24, 2.45) is 0 Å². The molecular weight excluding hydrogens is 368 g/mol. The first kappa shape index (κ1) is 18.2. The van der Waals surface area contributed by atoms with Crippen molar-refractivity contribution in [1.82, 2.24) is 19.7 Å². The molecule has 0 atom stereocenters. The van der Waals surface area contributed by atoms with E-state index in [1.165, 1.54) is 6.33 Å². The molecule has 4 aromatic rings. The van der Waals surface area contributed by atoms with Gasteiger partial charge in [0.1, 0.15) is 12.1 Å². The number of hydrogen-bond donors (Lipinski definition) is 2. The van der Waals surface area contributed by atoms with Crippen molar-refractivity contribution >= 4 is 17.4 Å². The van der Waals surface area contributed by atoms with E-state index in [0.717, 1.165) is 11.3 Å². The van der Waals surface area contributed by atoms with Gasteiger partial charge in [-0.2, -0.15) is 5.10 Å². The maximum atomic E-state index is 12.2. The smallest absolute Gasteiger partial charge is 0.323 e. The zero-order valence-corrected chi connectivity index (χ0v) is 15.6. The molecule has 2 amide bonds. The van der Waals surface area contributed by atoms with Gasteiger partial charge in [-0.1, -0.05) is 18.2 Å². The number of anilines is 2. The van der Waals surface area contributed by atoms with Crippen LogP contribution in [0.2, 0.25) is 0 Å². The van der Waals surface area contributed by atoms with Crippen molar-refractivity contribution in [3.63, 3.8) is 0 Å². The van der Waals surface area contributed by atoms with Gasteiger partial charge in [-0.25, -0.2) is 19.4 Å². The Morgan fingerprint density at radius 3 is 2.59 bits per heavy atom. The molecule has 144 valence electrons. The average molecular weight is 386 g/mol. The molecule has 0 saturated heterocycles. The van der Waals surface area contributed by atoms with Gasteiger partial charge >= 0.3 is 6.03 Å². The first-order valence-corrected chi connectivity index (χ1v) is 8.91. The molecule has 8 heteroatoms. The average Bonchev–Trinajstić information content (AvgIpc) is 3.26. The van der Waals surface area contributed by atoms with E-state index in [-0.39, 0.29) is 6.03 Å². The molecule has 4 rings (SSSR count). The minimum absolute atomic E-state index is 0.312. The Bertz CT molecular complexity index is 1110. The SMILES string of the molecule is Cc1ccccc1NC(=O)Nc1ccc(Oc2cc(-n3cccn3)ncn2)cc1. The molecule has 0 bridgehead atoms. The van der Waals surface area contributed by atoms with Crippen LogP contribution in [0.15, 0.2) is 79.4 Å². The quantitative estimate of drug-likeness (QED) is 0.530. The van der Waals surface area contributed by atoms with Crippen LogP contribution in [0.1, 0.15) is 5.56 Å². The maximum Gasteiger partial charge on any atom is 0.323 e. The van der Waals surface area contributed by atoms with E-state index in [2.05, 4.69) is 25.7 Å². The van der Waals surface area contributed by atoms with E-state index in [9.17, 15) is 4.79 Å². The number of nitrogens with zero attached hydrogens (tertiary/aromatic N) is 4. The highest BCUT2D eigenvalue weighted by molar-refractivity contribution is 6.00. The summed E-state index contributed by atoms with van der Waals surface area (Å²) in [6.45, 7) is 1.94. The topological polar surface area (TPSA) is 94.0 Å². The number of carbonyl (C=O) groups excluding carboxylic acids is 1. The third kappa shape index (κ3) is 4.56. The van der Waals surface area contributed by atoms with Crippen LogP contribution in [0.5, 0.6) is 11.6 Å². The van der Waals surface area contributed by atoms with Gasteiger partial charge in [0.05, 0.1) is 0 Å². The number of aryl methyl sites for hydroxylation is 1. The zero-order chi connectivity index (χ0) is 20.1. The summed E-state index contributed by atoms with van der Waals surface area (Å²) < 4.78 is 7.39. The van der Waals surface area contributed by atoms with Gasteiger partial charge in [0.15, 0.2) is 5.82 Å². The van der Waals surface area contributed by atoms with E-state index < -0.39 is 0 Å². The number of rotatable bonds is 5. The van der Waals surface area contributed by atoms with E-state index >= 15 is 0 Å². The Morgan fingerprint density at radius 2 is 1.83 bits per heavy atom. The minimum Gasteiger partial charge on any atom is -0.439 e. The molecule has 0 fully saturated rings. The van der Waals surface area contributed by atoms with Crippen LogP contribution in [-0.4, -0.2) is 25.8 Å². The lowest BCUT2D eigenvalue weighted by Gasteiger charge is -2.10. The Labute approximate surface area is 167 Å². The fraction of sp³-hybridized carbons (Fsp3) is 0.0476. The number of aromatic nitrogens is 4. The lowest BCUT2D eigenvalue weighted by atomic mass is 10.2. The molecule has 2 N–H and O–H groups in total. The molecule has 8 nitrogen and oxygen atoms in total. The molecule has 2 heterocycles. The number of para-hydroxylation sites is 1. The third-order valence-electron chi connectivity index (χ3n) is 4.09. The number of urea groups is 1. The number of hydrogen-bond acceptors (Lipinski definition) is 5. The van der Waals surface area contributed by atoms with E-state index in [4.69, 9.17) is 4.74 Å². The van der Waals surface area contributed by atoms with Gasteiger partial charge in [-0.15, -0.1) is 0 Å². The molecule has 0 spiro atoms. The molecule has 29 heavy (non-hydrogen) atoms. The molecule has 0 saturated carbocycles.